The first kappa shape index (κ1) is 19.6. The summed E-state index contributed by atoms with van der Waals surface area (Å²) in [7, 11) is 0. The molecule has 138 valence electrons. The minimum atomic E-state index is -0.324. The molecule has 26 heavy (non-hydrogen) atoms. The van der Waals surface area contributed by atoms with Gasteiger partial charge >= 0.3 is 5.97 Å². The van der Waals surface area contributed by atoms with Gasteiger partial charge in [-0.2, -0.15) is 10.2 Å². The van der Waals surface area contributed by atoms with Crippen molar-refractivity contribution < 1.29 is 9.53 Å². The second-order valence-electron chi connectivity index (χ2n) is 6.53. The molecule has 0 saturated heterocycles. The number of aryl methyl sites for hydroxylation is 1. The van der Waals surface area contributed by atoms with E-state index in [0.717, 1.165) is 23.6 Å². The molecule has 2 aromatic rings. The van der Waals surface area contributed by atoms with Gasteiger partial charge in [0.15, 0.2) is 6.23 Å². The molecule has 5 nitrogen and oxygen atoms in total. The number of azo groups is 1. The lowest BCUT2D eigenvalue weighted by Gasteiger charge is -2.30. The smallest absolute Gasteiger partial charge is 0.310 e. The van der Waals surface area contributed by atoms with Gasteiger partial charge in [-0.05, 0) is 57.2 Å². The summed E-state index contributed by atoms with van der Waals surface area (Å²) in [6.07, 6.45) is -0.324. The largest absolute Gasteiger partial charge is 0.442 e. The van der Waals surface area contributed by atoms with Crippen molar-refractivity contribution in [3.05, 3.63) is 54.1 Å². The third-order valence-electron chi connectivity index (χ3n) is 4.03. The Bertz CT molecular complexity index is 737. The van der Waals surface area contributed by atoms with Crippen LogP contribution >= 0.6 is 0 Å². The Kier molecular flexibility index (Phi) is 6.89. The molecule has 0 spiro atoms. The van der Waals surface area contributed by atoms with Crippen LogP contribution in [0.25, 0.3) is 0 Å². The molecule has 0 aliphatic heterocycles. The summed E-state index contributed by atoms with van der Waals surface area (Å²) >= 11 is 0. The van der Waals surface area contributed by atoms with Crippen molar-refractivity contribution in [2.24, 2.45) is 16.1 Å². The number of nitrogens with zero attached hydrogens (tertiary/aromatic N) is 3. The molecule has 0 fully saturated rings. The van der Waals surface area contributed by atoms with Crippen LogP contribution < -0.4 is 4.90 Å². The average Bonchev–Trinajstić information content (AvgIpc) is 2.62. The first-order valence-corrected chi connectivity index (χ1v) is 8.96. The molecule has 1 unspecified atom stereocenters. The summed E-state index contributed by atoms with van der Waals surface area (Å²) in [6, 6.07) is 15.7. The Morgan fingerprint density at radius 1 is 0.962 bits per heavy atom. The van der Waals surface area contributed by atoms with Crippen LogP contribution in [0, 0.1) is 12.8 Å². The highest BCUT2D eigenvalue weighted by atomic mass is 16.6. The third kappa shape index (κ3) is 5.41. The van der Waals surface area contributed by atoms with Crippen LogP contribution in [-0.4, -0.2) is 18.7 Å². The number of anilines is 1. The van der Waals surface area contributed by atoms with Crippen molar-refractivity contribution in [3.8, 4) is 0 Å². The number of hydrogen-bond donors (Lipinski definition) is 0. The summed E-state index contributed by atoms with van der Waals surface area (Å²) in [5.74, 6) is -0.333. The van der Waals surface area contributed by atoms with Crippen molar-refractivity contribution in [2.45, 2.75) is 40.8 Å². The predicted molar refractivity (Wildman–Crippen MR) is 105 cm³/mol. The zero-order chi connectivity index (χ0) is 19.1. The Morgan fingerprint density at radius 2 is 1.46 bits per heavy atom. The first-order valence-electron chi connectivity index (χ1n) is 8.96. The van der Waals surface area contributed by atoms with E-state index in [4.69, 9.17) is 4.74 Å². The van der Waals surface area contributed by atoms with Gasteiger partial charge in [-0.15, -0.1) is 0 Å². The van der Waals surface area contributed by atoms with E-state index in [2.05, 4.69) is 10.2 Å². The van der Waals surface area contributed by atoms with E-state index in [1.807, 2.05) is 88.0 Å². The number of benzene rings is 2. The molecule has 0 radical (unpaired) electrons. The molecule has 0 heterocycles. The Morgan fingerprint density at radius 3 is 1.92 bits per heavy atom. The topological polar surface area (TPSA) is 54.3 Å². The monoisotopic (exact) mass is 353 g/mol. The zero-order valence-corrected chi connectivity index (χ0v) is 16.1. The van der Waals surface area contributed by atoms with Crippen molar-refractivity contribution in [2.75, 3.05) is 11.4 Å². The van der Waals surface area contributed by atoms with Crippen LogP contribution in [0.4, 0.5) is 17.1 Å². The molecule has 0 amide bonds. The predicted octanol–water partition coefficient (Wildman–Crippen LogP) is 5.78. The Labute approximate surface area is 155 Å². The quantitative estimate of drug-likeness (QED) is 0.360. The number of hydrogen-bond acceptors (Lipinski definition) is 5. The number of carbonyl (C=O) groups is 1. The standard InChI is InChI=1S/C21H27N3O2/c1-6-24(17(5)26-21(25)15(2)3)20-13-11-19(12-14-20)23-22-18-9-7-16(4)8-10-18/h7-15,17H,6H2,1-5H3. The van der Waals surface area contributed by atoms with E-state index >= 15 is 0 Å². The van der Waals surface area contributed by atoms with Crippen molar-refractivity contribution in [1.29, 1.82) is 0 Å². The molecule has 0 aliphatic rings. The fourth-order valence-corrected chi connectivity index (χ4v) is 2.46. The van der Waals surface area contributed by atoms with Crippen LogP contribution in [-0.2, 0) is 9.53 Å². The molecule has 1 atom stereocenters. The lowest BCUT2D eigenvalue weighted by Crippen LogP contribution is -2.37. The van der Waals surface area contributed by atoms with Crippen LogP contribution in [0.15, 0.2) is 58.8 Å². The highest BCUT2D eigenvalue weighted by Gasteiger charge is 2.18. The summed E-state index contributed by atoms with van der Waals surface area (Å²) in [5, 5.41) is 8.52. The van der Waals surface area contributed by atoms with E-state index in [1.54, 1.807) is 0 Å². The summed E-state index contributed by atoms with van der Waals surface area (Å²) < 4.78 is 5.51. The highest BCUT2D eigenvalue weighted by molar-refractivity contribution is 5.72. The second kappa shape index (κ2) is 9.13. The van der Waals surface area contributed by atoms with Gasteiger partial charge < -0.3 is 9.64 Å². The van der Waals surface area contributed by atoms with E-state index < -0.39 is 0 Å². The van der Waals surface area contributed by atoms with Gasteiger partial charge in [0.2, 0.25) is 0 Å². The van der Waals surface area contributed by atoms with E-state index in [1.165, 1.54) is 5.56 Å². The van der Waals surface area contributed by atoms with E-state index in [0.29, 0.717) is 0 Å². The molecule has 2 aromatic carbocycles. The van der Waals surface area contributed by atoms with Crippen LogP contribution in [0.1, 0.15) is 33.3 Å². The molecule has 0 aromatic heterocycles. The summed E-state index contributed by atoms with van der Waals surface area (Å²) in [6.45, 7) is 10.4. The summed E-state index contributed by atoms with van der Waals surface area (Å²) in [4.78, 5) is 13.9. The Balaban J connectivity index is 2.06. The molecule has 0 aliphatic carbocycles. The van der Waals surface area contributed by atoms with Gasteiger partial charge in [0.25, 0.3) is 0 Å². The lowest BCUT2D eigenvalue weighted by molar-refractivity contribution is -0.151. The van der Waals surface area contributed by atoms with E-state index in [9.17, 15) is 4.79 Å². The molecule has 5 heteroatoms. The SMILES string of the molecule is CCN(c1ccc(N=Nc2ccc(C)cc2)cc1)C(C)OC(=O)C(C)C. The number of esters is 1. The fraction of sp³-hybridized carbons (Fsp3) is 0.381. The lowest BCUT2D eigenvalue weighted by atomic mass is 10.2. The maximum atomic E-state index is 11.8. The molecule has 0 bridgehead atoms. The third-order valence-corrected chi connectivity index (χ3v) is 4.03. The zero-order valence-electron chi connectivity index (χ0n) is 16.1. The molecular weight excluding hydrogens is 326 g/mol. The average molecular weight is 353 g/mol. The normalized spacial score (nSPS) is 12.4. The first-order chi connectivity index (χ1) is 12.4. The Hall–Kier alpha value is -2.69. The van der Waals surface area contributed by atoms with Crippen LogP contribution in [0.2, 0.25) is 0 Å². The minimum Gasteiger partial charge on any atom is -0.442 e. The van der Waals surface area contributed by atoms with Gasteiger partial charge in [0.1, 0.15) is 0 Å². The maximum Gasteiger partial charge on any atom is 0.310 e. The second-order valence-corrected chi connectivity index (χ2v) is 6.53. The molecule has 2 rings (SSSR count). The number of carbonyl (C=O) groups excluding carboxylic acids is 1. The van der Waals surface area contributed by atoms with E-state index in [-0.39, 0.29) is 18.1 Å². The van der Waals surface area contributed by atoms with Gasteiger partial charge in [0, 0.05) is 12.2 Å². The van der Waals surface area contributed by atoms with Gasteiger partial charge in [0.05, 0.1) is 17.3 Å². The number of rotatable bonds is 7. The van der Waals surface area contributed by atoms with Crippen LogP contribution in [0.3, 0.4) is 0 Å². The minimum absolute atomic E-state index is 0.138. The molecule has 0 saturated carbocycles. The van der Waals surface area contributed by atoms with Crippen LogP contribution in [0.5, 0.6) is 0 Å². The fourth-order valence-electron chi connectivity index (χ4n) is 2.46. The summed E-state index contributed by atoms with van der Waals surface area (Å²) in [5.41, 5.74) is 3.77. The van der Waals surface area contributed by atoms with Crippen molar-refractivity contribution in [1.82, 2.24) is 0 Å². The van der Waals surface area contributed by atoms with Crippen molar-refractivity contribution in [3.63, 3.8) is 0 Å². The molecular formula is C21H27N3O2. The van der Waals surface area contributed by atoms with Gasteiger partial charge in [-0.25, -0.2) is 0 Å². The van der Waals surface area contributed by atoms with Gasteiger partial charge in [-0.3, -0.25) is 4.79 Å². The van der Waals surface area contributed by atoms with Crippen molar-refractivity contribution >= 4 is 23.0 Å². The van der Waals surface area contributed by atoms with Gasteiger partial charge in [-0.1, -0.05) is 31.5 Å². The highest BCUT2D eigenvalue weighted by Crippen LogP contribution is 2.24. The maximum absolute atomic E-state index is 11.8. The molecule has 0 N–H and O–H groups in total. The number of ether oxygens (including phenoxy) is 1.